The van der Waals surface area contributed by atoms with E-state index in [0.29, 0.717) is 17.3 Å². The Labute approximate surface area is 182 Å². The van der Waals surface area contributed by atoms with Gasteiger partial charge in [-0.3, -0.25) is 4.79 Å². The molecule has 2 aromatic heterocycles. The smallest absolute Gasteiger partial charge is 0.280 e. The zero-order valence-corrected chi connectivity index (χ0v) is 18.1. The molecule has 8 heteroatoms. The number of nitrogens with zero attached hydrogens (tertiary/aromatic N) is 3. The molecule has 0 aliphatic heterocycles. The normalized spacial score (nSPS) is 11.1. The number of amides is 1. The van der Waals surface area contributed by atoms with Crippen molar-refractivity contribution in [1.29, 1.82) is 0 Å². The number of benzene rings is 2. The van der Waals surface area contributed by atoms with E-state index in [1.165, 1.54) is 16.3 Å². The van der Waals surface area contributed by atoms with Gasteiger partial charge in [-0.25, -0.2) is 4.98 Å². The van der Waals surface area contributed by atoms with E-state index in [1.807, 2.05) is 42.6 Å². The number of thiazole rings is 1. The van der Waals surface area contributed by atoms with Gasteiger partial charge in [-0.15, -0.1) is 11.3 Å². The molecule has 0 saturated carbocycles. The largest absolute Gasteiger partial charge is 0.497 e. The molecule has 6 nitrogen and oxygen atoms in total. The number of methoxy groups -OCH3 is 1. The van der Waals surface area contributed by atoms with Crippen LogP contribution in [0.5, 0.6) is 11.5 Å². The van der Waals surface area contributed by atoms with E-state index < -0.39 is 0 Å². The van der Waals surface area contributed by atoms with Crippen LogP contribution in [0.4, 0.5) is 5.13 Å². The molecule has 152 valence electrons. The molecule has 0 bridgehead atoms. The summed E-state index contributed by atoms with van der Waals surface area (Å²) in [6.07, 6.45) is 1.67. The highest BCUT2D eigenvalue weighted by atomic mass is 32.1. The summed E-state index contributed by atoms with van der Waals surface area (Å²) in [6, 6.07) is 16.5. The molecule has 4 aromatic rings. The molecule has 0 aliphatic carbocycles. The van der Waals surface area contributed by atoms with Crippen LogP contribution in [-0.4, -0.2) is 30.8 Å². The van der Waals surface area contributed by atoms with Gasteiger partial charge in [0.25, 0.3) is 5.91 Å². The van der Waals surface area contributed by atoms with Gasteiger partial charge >= 0.3 is 0 Å². The van der Waals surface area contributed by atoms with E-state index in [-0.39, 0.29) is 5.91 Å². The minimum atomic E-state index is -0.267. The van der Waals surface area contributed by atoms with Crippen molar-refractivity contribution in [2.45, 2.75) is 6.92 Å². The molecule has 0 atom stereocenters. The molecule has 0 unspecified atom stereocenters. The van der Waals surface area contributed by atoms with Crippen molar-refractivity contribution < 1.29 is 14.3 Å². The van der Waals surface area contributed by atoms with Crippen molar-refractivity contribution in [3.63, 3.8) is 0 Å². The van der Waals surface area contributed by atoms with Crippen LogP contribution in [0.25, 0.3) is 10.2 Å². The lowest BCUT2D eigenvalue weighted by atomic mass is 10.2. The Morgan fingerprint density at radius 1 is 1.17 bits per heavy atom. The number of aromatic nitrogens is 1. The van der Waals surface area contributed by atoms with Crippen LogP contribution in [0.1, 0.15) is 22.2 Å². The Balaban J connectivity index is 1.71. The van der Waals surface area contributed by atoms with Gasteiger partial charge in [-0.1, -0.05) is 17.4 Å². The molecule has 1 amide bonds. The third kappa shape index (κ3) is 4.34. The number of ether oxygens (including phenoxy) is 2. The van der Waals surface area contributed by atoms with Crippen LogP contribution in [0.3, 0.4) is 0 Å². The Kier molecular flexibility index (Phi) is 6.06. The van der Waals surface area contributed by atoms with E-state index in [2.05, 4.69) is 10.1 Å². The molecule has 0 N–H and O–H groups in total. The van der Waals surface area contributed by atoms with Crippen LogP contribution >= 0.6 is 22.7 Å². The highest BCUT2D eigenvalue weighted by Gasteiger charge is 2.21. The summed E-state index contributed by atoms with van der Waals surface area (Å²) in [6.45, 7) is 2.49. The van der Waals surface area contributed by atoms with E-state index in [1.54, 1.807) is 48.9 Å². The van der Waals surface area contributed by atoms with E-state index in [4.69, 9.17) is 9.47 Å². The maximum Gasteiger partial charge on any atom is 0.280 e. The van der Waals surface area contributed by atoms with Crippen LogP contribution in [0.2, 0.25) is 0 Å². The number of fused-ring (bicyclic) bond motifs is 1. The number of thiophene rings is 1. The number of carbonyl (C=O) groups is 1. The highest BCUT2D eigenvalue weighted by Crippen LogP contribution is 2.32. The summed E-state index contributed by atoms with van der Waals surface area (Å²) in [5, 5.41) is 8.26. The van der Waals surface area contributed by atoms with Gasteiger partial charge in [0.1, 0.15) is 11.5 Å². The van der Waals surface area contributed by atoms with Crippen LogP contribution < -0.4 is 14.5 Å². The zero-order valence-electron chi connectivity index (χ0n) is 16.4. The number of hydrogen-bond donors (Lipinski definition) is 0. The van der Waals surface area contributed by atoms with Gasteiger partial charge in [0.2, 0.25) is 5.13 Å². The second kappa shape index (κ2) is 9.06. The maximum absolute atomic E-state index is 13.3. The molecule has 4 rings (SSSR count). The SMILES string of the molecule is CCOc1ccc(C(=O)N(/N=C/c2cccs2)c2nc3ccc(OC)cc3s2)cc1. The molecule has 30 heavy (non-hydrogen) atoms. The maximum atomic E-state index is 13.3. The second-order valence-corrected chi connectivity index (χ2v) is 8.15. The van der Waals surface area contributed by atoms with Gasteiger partial charge in [0.05, 0.1) is 30.1 Å². The summed E-state index contributed by atoms with van der Waals surface area (Å²) >= 11 is 2.93. The molecule has 0 spiro atoms. The minimum Gasteiger partial charge on any atom is -0.497 e. The van der Waals surface area contributed by atoms with Gasteiger partial charge < -0.3 is 9.47 Å². The van der Waals surface area contributed by atoms with Crippen molar-refractivity contribution in [1.82, 2.24) is 4.98 Å². The number of rotatable bonds is 7. The topological polar surface area (TPSA) is 64.0 Å². The van der Waals surface area contributed by atoms with Gasteiger partial charge in [-0.2, -0.15) is 10.1 Å². The summed E-state index contributed by atoms with van der Waals surface area (Å²) in [7, 11) is 1.62. The summed E-state index contributed by atoms with van der Waals surface area (Å²) in [5.41, 5.74) is 1.28. The predicted molar refractivity (Wildman–Crippen MR) is 123 cm³/mol. The van der Waals surface area contributed by atoms with Crippen molar-refractivity contribution in [2.24, 2.45) is 5.10 Å². The average Bonchev–Trinajstić information content (AvgIpc) is 3.43. The fourth-order valence-corrected chi connectivity index (χ4v) is 4.29. The van der Waals surface area contributed by atoms with Crippen molar-refractivity contribution in [3.8, 4) is 11.5 Å². The lowest BCUT2D eigenvalue weighted by molar-refractivity contribution is 0.0988. The molecule has 0 aliphatic rings. The monoisotopic (exact) mass is 437 g/mol. The van der Waals surface area contributed by atoms with Crippen LogP contribution in [0.15, 0.2) is 65.1 Å². The predicted octanol–water partition coefficient (Wildman–Crippen LogP) is 5.45. The van der Waals surface area contributed by atoms with Crippen molar-refractivity contribution >= 4 is 50.1 Å². The summed E-state index contributed by atoms with van der Waals surface area (Å²) in [5.74, 6) is 1.19. The lowest BCUT2D eigenvalue weighted by Gasteiger charge is -2.14. The first-order valence-corrected chi connectivity index (χ1v) is 11.0. The third-order valence-corrected chi connectivity index (χ3v) is 6.01. The molecule has 0 saturated heterocycles. The number of hydrazone groups is 1. The fraction of sp³-hybridized carbons (Fsp3) is 0.136. The number of anilines is 1. The Morgan fingerprint density at radius 3 is 2.67 bits per heavy atom. The quantitative estimate of drug-likeness (QED) is 0.285. The van der Waals surface area contributed by atoms with Gasteiger partial charge in [0, 0.05) is 10.4 Å². The summed E-state index contributed by atoms with van der Waals surface area (Å²) in [4.78, 5) is 18.9. The molecule has 2 aromatic carbocycles. The summed E-state index contributed by atoms with van der Waals surface area (Å²) < 4.78 is 11.7. The molecule has 0 fully saturated rings. The Hall–Kier alpha value is -3.23. The minimum absolute atomic E-state index is 0.267. The number of hydrogen-bond acceptors (Lipinski definition) is 7. The molecular weight excluding hydrogens is 418 g/mol. The second-order valence-electron chi connectivity index (χ2n) is 6.16. The lowest BCUT2D eigenvalue weighted by Crippen LogP contribution is -2.25. The highest BCUT2D eigenvalue weighted by molar-refractivity contribution is 7.22. The third-order valence-electron chi connectivity index (χ3n) is 4.21. The zero-order chi connectivity index (χ0) is 20.9. The van der Waals surface area contributed by atoms with Crippen molar-refractivity contribution in [2.75, 3.05) is 18.7 Å². The van der Waals surface area contributed by atoms with E-state index >= 15 is 0 Å². The van der Waals surface area contributed by atoms with Crippen molar-refractivity contribution in [3.05, 3.63) is 70.4 Å². The van der Waals surface area contributed by atoms with Crippen LogP contribution in [-0.2, 0) is 0 Å². The van der Waals surface area contributed by atoms with E-state index in [0.717, 1.165) is 26.6 Å². The first-order valence-electron chi connectivity index (χ1n) is 9.27. The molecule has 0 radical (unpaired) electrons. The van der Waals surface area contributed by atoms with E-state index in [9.17, 15) is 4.79 Å². The fourth-order valence-electron chi connectivity index (χ4n) is 2.76. The average molecular weight is 438 g/mol. The standard InChI is InChI=1S/C22H19N3O3S2/c1-3-28-16-8-6-15(7-9-16)21(26)25(23-14-18-5-4-12-29-18)22-24-19-11-10-17(27-2)13-20(19)30-22/h4-14H,3H2,1-2H3/b23-14+. The van der Waals surface area contributed by atoms with Gasteiger partial charge in [-0.05, 0) is 60.8 Å². The van der Waals surface area contributed by atoms with Gasteiger partial charge in [0.15, 0.2) is 0 Å². The van der Waals surface area contributed by atoms with Crippen LogP contribution in [0, 0.1) is 0 Å². The Bertz CT molecular complexity index is 1170. The first kappa shape index (κ1) is 20.1. The Morgan fingerprint density at radius 2 is 1.97 bits per heavy atom. The molecule has 2 heterocycles. The molecular formula is C22H19N3O3S2. The number of carbonyl (C=O) groups excluding carboxylic acids is 1. The first-order chi connectivity index (χ1) is 14.7.